The second-order valence-electron chi connectivity index (χ2n) is 4.70. The maximum Gasteiger partial charge on any atom is 0.338 e. The van der Waals surface area contributed by atoms with Crippen LogP contribution in [-0.2, 0) is 6.54 Å². The van der Waals surface area contributed by atoms with Crippen LogP contribution in [-0.4, -0.2) is 25.6 Å². The molecule has 3 aromatic rings. The Hall–Kier alpha value is -3.16. The highest BCUT2D eigenvalue weighted by Gasteiger charge is 2.13. The van der Waals surface area contributed by atoms with E-state index < -0.39 is 28.6 Å². The number of aromatic carboxylic acids is 1. The van der Waals surface area contributed by atoms with Crippen molar-refractivity contribution in [2.45, 2.75) is 6.54 Å². The van der Waals surface area contributed by atoms with Crippen LogP contribution >= 0.6 is 0 Å². The van der Waals surface area contributed by atoms with Crippen LogP contribution in [0.3, 0.4) is 0 Å². The van der Waals surface area contributed by atoms with E-state index in [0.717, 1.165) is 12.1 Å². The molecule has 0 saturated carbocycles. The van der Waals surface area contributed by atoms with Gasteiger partial charge in [-0.05, 0) is 23.8 Å². The third-order valence-corrected chi connectivity index (χ3v) is 3.31. The molecule has 0 radical (unpaired) electrons. The molecule has 0 aliphatic rings. The van der Waals surface area contributed by atoms with Crippen molar-refractivity contribution in [1.82, 2.24) is 14.5 Å². The van der Waals surface area contributed by atoms with Gasteiger partial charge in [-0.1, -0.05) is 6.07 Å². The molecule has 2 aromatic heterocycles. The van der Waals surface area contributed by atoms with Crippen molar-refractivity contribution in [2.24, 2.45) is 0 Å². The van der Waals surface area contributed by atoms with Crippen molar-refractivity contribution in [3.8, 4) is 0 Å². The largest absolute Gasteiger partial charge is 0.478 e. The van der Waals surface area contributed by atoms with Gasteiger partial charge in [0.15, 0.2) is 0 Å². The molecule has 3 rings (SSSR count). The van der Waals surface area contributed by atoms with Gasteiger partial charge in [0.05, 0.1) is 17.5 Å². The van der Waals surface area contributed by atoms with Crippen LogP contribution in [0.15, 0.2) is 40.1 Å². The molecule has 22 heavy (non-hydrogen) atoms. The highest BCUT2D eigenvalue weighted by Crippen LogP contribution is 2.13. The summed E-state index contributed by atoms with van der Waals surface area (Å²) in [5, 5.41) is 9.23. The average molecular weight is 303 g/mol. The molecule has 8 heteroatoms. The lowest BCUT2D eigenvalue weighted by molar-refractivity contribution is 0.0691. The van der Waals surface area contributed by atoms with Crippen LogP contribution in [0, 0.1) is 5.82 Å². The van der Waals surface area contributed by atoms with Gasteiger partial charge in [-0.25, -0.2) is 14.0 Å². The second kappa shape index (κ2) is 4.99. The third-order valence-electron chi connectivity index (χ3n) is 3.31. The van der Waals surface area contributed by atoms with Crippen LogP contribution in [0.1, 0.15) is 15.9 Å². The fourth-order valence-corrected chi connectivity index (χ4v) is 2.27. The lowest BCUT2D eigenvalue weighted by Gasteiger charge is -2.08. The number of hydrogen-bond donors (Lipinski definition) is 3. The molecular weight excluding hydrogens is 293 g/mol. The van der Waals surface area contributed by atoms with Gasteiger partial charge >= 0.3 is 11.7 Å². The molecule has 0 fully saturated rings. The molecule has 0 aliphatic heterocycles. The Labute approximate surface area is 121 Å². The first-order valence-corrected chi connectivity index (χ1v) is 6.29. The molecule has 1 aromatic carbocycles. The zero-order valence-corrected chi connectivity index (χ0v) is 11.1. The van der Waals surface area contributed by atoms with Gasteiger partial charge in [0.25, 0.3) is 5.56 Å². The van der Waals surface area contributed by atoms with Crippen molar-refractivity contribution < 1.29 is 14.3 Å². The summed E-state index contributed by atoms with van der Waals surface area (Å²) in [7, 11) is 0. The van der Waals surface area contributed by atoms with Gasteiger partial charge in [-0.3, -0.25) is 14.3 Å². The number of fused-ring (bicyclic) bond motifs is 1. The summed E-state index contributed by atoms with van der Waals surface area (Å²) in [5.74, 6) is -2.24. The molecule has 2 heterocycles. The molecule has 0 spiro atoms. The zero-order chi connectivity index (χ0) is 15.9. The van der Waals surface area contributed by atoms with Crippen molar-refractivity contribution >= 4 is 17.0 Å². The number of carboxylic acid groups (broad SMARTS) is 1. The Bertz CT molecular complexity index is 999. The van der Waals surface area contributed by atoms with E-state index in [-0.39, 0.29) is 6.54 Å². The summed E-state index contributed by atoms with van der Waals surface area (Å²) in [6.45, 7) is -0.00676. The predicted molar refractivity (Wildman–Crippen MR) is 75.6 cm³/mol. The Morgan fingerprint density at radius 2 is 2.05 bits per heavy atom. The van der Waals surface area contributed by atoms with Crippen LogP contribution in [0.4, 0.5) is 4.39 Å². The number of hydrogen-bond acceptors (Lipinski definition) is 3. The molecule has 0 amide bonds. The van der Waals surface area contributed by atoms with Crippen LogP contribution in [0.5, 0.6) is 0 Å². The van der Waals surface area contributed by atoms with E-state index >= 15 is 0 Å². The molecule has 0 bridgehead atoms. The average Bonchev–Trinajstić information content (AvgIpc) is 2.94. The van der Waals surface area contributed by atoms with Crippen molar-refractivity contribution in [2.75, 3.05) is 0 Å². The summed E-state index contributed by atoms with van der Waals surface area (Å²) in [4.78, 5) is 39.5. The minimum Gasteiger partial charge on any atom is -0.478 e. The SMILES string of the molecule is O=C(O)c1cc(Cn2c(=O)[nH]c(=O)c3cc[nH]c32)ccc1F. The first-order chi connectivity index (χ1) is 10.5. The van der Waals surface area contributed by atoms with E-state index in [1.807, 2.05) is 0 Å². The van der Waals surface area contributed by atoms with Crippen molar-refractivity contribution in [3.63, 3.8) is 0 Å². The van der Waals surface area contributed by atoms with E-state index in [0.29, 0.717) is 16.6 Å². The number of nitrogens with one attached hydrogen (secondary N) is 2. The third kappa shape index (κ3) is 2.20. The summed E-state index contributed by atoms with van der Waals surface area (Å²) < 4.78 is 14.6. The summed E-state index contributed by atoms with van der Waals surface area (Å²) >= 11 is 0. The number of nitrogens with zero attached hydrogens (tertiary/aromatic N) is 1. The van der Waals surface area contributed by atoms with E-state index in [2.05, 4.69) is 9.97 Å². The van der Waals surface area contributed by atoms with Gasteiger partial charge in [0.1, 0.15) is 11.5 Å². The van der Waals surface area contributed by atoms with Gasteiger partial charge < -0.3 is 10.1 Å². The fourth-order valence-electron chi connectivity index (χ4n) is 2.27. The topological polar surface area (TPSA) is 108 Å². The number of aromatic amines is 2. The molecule has 7 nitrogen and oxygen atoms in total. The molecule has 112 valence electrons. The Kier molecular flexibility index (Phi) is 3.13. The lowest BCUT2D eigenvalue weighted by Crippen LogP contribution is -2.30. The molecule has 0 aliphatic carbocycles. The number of halogens is 1. The van der Waals surface area contributed by atoms with Gasteiger partial charge in [0.2, 0.25) is 0 Å². The van der Waals surface area contributed by atoms with Crippen LogP contribution in [0.25, 0.3) is 11.0 Å². The van der Waals surface area contributed by atoms with Crippen LogP contribution in [0.2, 0.25) is 0 Å². The minimum absolute atomic E-state index is 0.00676. The molecular formula is C14H10FN3O4. The zero-order valence-electron chi connectivity index (χ0n) is 11.1. The van der Waals surface area contributed by atoms with Crippen LogP contribution < -0.4 is 11.2 Å². The number of rotatable bonds is 3. The number of aromatic nitrogens is 3. The summed E-state index contributed by atoms with van der Waals surface area (Å²) in [6.07, 6.45) is 1.52. The first kappa shape index (κ1) is 13.8. The van der Waals surface area contributed by atoms with Gasteiger partial charge in [0, 0.05) is 6.20 Å². The number of benzene rings is 1. The highest BCUT2D eigenvalue weighted by atomic mass is 19.1. The predicted octanol–water partition coefficient (Wildman–Crippen LogP) is 0.903. The monoisotopic (exact) mass is 303 g/mol. The van der Waals surface area contributed by atoms with Gasteiger partial charge in [-0.15, -0.1) is 0 Å². The quantitative estimate of drug-likeness (QED) is 0.668. The fraction of sp³-hybridized carbons (Fsp3) is 0.0714. The Morgan fingerprint density at radius 3 is 2.77 bits per heavy atom. The highest BCUT2D eigenvalue weighted by molar-refractivity contribution is 5.88. The van der Waals surface area contributed by atoms with E-state index in [4.69, 9.17) is 5.11 Å². The minimum atomic E-state index is -1.39. The van der Waals surface area contributed by atoms with E-state index in [9.17, 15) is 18.8 Å². The van der Waals surface area contributed by atoms with Crippen molar-refractivity contribution in [1.29, 1.82) is 0 Å². The number of H-pyrrole nitrogens is 2. The summed E-state index contributed by atoms with van der Waals surface area (Å²) in [6, 6.07) is 5.09. The second-order valence-corrected chi connectivity index (χ2v) is 4.70. The summed E-state index contributed by atoms with van der Waals surface area (Å²) in [5.41, 5.74) is -0.888. The van der Waals surface area contributed by atoms with E-state index in [1.54, 1.807) is 0 Å². The smallest absolute Gasteiger partial charge is 0.338 e. The molecule has 0 saturated heterocycles. The maximum atomic E-state index is 13.4. The lowest BCUT2D eigenvalue weighted by atomic mass is 10.1. The number of carbonyl (C=O) groups is 1. The molecule has 0 atom stereocenters. The first-order valence-electron chi connectivity index (χ1n) is 6.29. The number of carboxylic acids is 1. The normalized spacial score (nSPS) is 11.0. The standard InChI is InChI=1S/C14H10FN3O4/c15-10-2-1-7(5-9(10)13(20)21)6-18-11-8(3-4-16-11)12(19)17-14(18)22/h1-5,16H,6H2,(H,20,21)(H,17,19,22). The van der Waals surface area contributed by atoms with Crippen molar-refractivity contribution in [3.05, 3.63) is 68.2 Å². The molecule has 3 N–H and O–H groups in total. The van der Waals surface area contributed by atoms with E-state index in [1.165, 1.54) is 22.9 Å². The maximum absolute atomic E-state index is 13.4. The Balaban J connectivity index is 2.13. The van der Waals surface area contributed by atoms with Gasteiger partial charge in [-0.2, -0.15) is 0 Å². The molecule has 0 unspecified atom stereocenters. The Morgan fingerprint density at radius 1 is 1.27 bits per heavy atom.